The van der Waals surface area contributed by atoms with Gasteiger partial charge in [-0.2, -0.15) is 13.2 Å². The molecule has 1 aliphatic heterocycles. The van der Waals surface area contributed by atoms with Gasteiger partial charge >= 0.3 is 12.1 Å². The molecule has 0 bridgehead atoms. The predicted octanol–water partition coefficient (Wildman–Crippen LogP) is 3.27. The molecule has 1 heterocycles. The number of alkyl halides is 3. The van der Waals surface area contributed by atoms with Gasteiger partial charge in [-0.1, -0.05) is 25.1 Å². The van der Waals surface area contributed by atoms with Gasteiger partial charge < -0.3 is 10.0 Å². The average Bonchev–Trinajstić information content (AvgIpc) is 2.96. The summed E-state index contributed by atoms with van der Waals surface area (Å²) in [6.45, 7) is 2.05. The van der Waals surface area contributed by atoms with Gasteiger partial charge in [-0.3, -0.25) is 4.79 Å². The van der Waals surface area contributed by atoms with Crippen molar-refractivity contribution in [2.45, 2.75) is 44.3 Å². The Kier molecular flexibility index (Phi) is 4.97. The lowest BCUT2D eigenvalue weighted by Gasteiger charge is -2.23. The van der Waals surface area contributed by atoms with Crippen molar-refractivity contribution in [2.24, 2.45) is 0 Å². The summed E-state index contributed by atoms with van der Waals surface area (Å²) in [7, 11) is 0. The topological polar surface area (TPSA) is 57.6 Å². The zero-order chi connectivity index (χ0) is 17.2. The number of amides is 1. The van der Waals surface area contributed by atoms with Crippen molar-refractivity contribution >= 4 is 11.9 Å². The molecule has 126 valence electrons. The number of aliphatic carboxylic acids is 1. The van der Waals surface area contributed by atoms with Gasteiger partial charge in [-0.15, -0.1) is 0 Å². The number of carboxylic acids is 1. The van der Waals surface area contributed by atoms with Crippen LogP contribution in [0.15, 0.2) is 24.3 Å². The minimum absolute atomic E-state index is 0.00884. The van der Waals surface area contributed by atoms with E-state index in [9.17, 15) is 22.8 Å². The van der Waals surface area contributed by atoms with E-state index >= 15 is 0 Å². The van der Waals surface area contributed by atoms with Gasteiger partial charge in [-0.05, 0) is 30.4 Å². The smallest absolute Gasteiger partial charge is 0.416 e. The fourth-order valence-electron chi connectivity index (χ4n) is 2.84. The molecule has 1 aromatic rings. The first-order valence-corrected chi connectivity index (χ1v) is 7.39. The summed E-state index contributed by atoms with van der Waals surface area (Å²) in [5.74, 6) is -1.79. The summed E-state index contributed by atoms with van der Waals surface area (Å²) in [5.41, 5.74) is -0.335. The molecule has 2 rings (SSSR count). The van der Waals surface area contributed by atoms with Crippen LogP contribution in [0.3, 0.4) is 0 Å². The van der Waals surface area contributed by atoms with E-state index in [0.29, 0.717) is 24.9 Å². The molecule has 0 spiro atoms. The van der Waals surface area contributed by atoms with E-state index in [4.69, 9.17) is 5.11 Å². The minimum atomic E-state index is -4.43. The SMILES string of the molecule is CC(CC(=O)N1CCC[C@H]1C(=O)O)c1cccc(C(F)(F)F)c1. The number of benzene rings is 1. The van der Waals surface area contributed by atoms with E-state index in [1.54, 1.807) is 13.0 Å². The van der Waals surface area contributed by atoms with Gasteiger partial charge in [-0.25, -0.2) is 4.79 Å². The molecular weight excluding hydrogens is 311 g/mol. The van der Waals surface area contributed by atoms with E-state index < -0.39 is 29.7 Å². The summed E-state index contributed by atoms with van der Waals surface area (Å²) in [4.78, 5) is 24.7. The quantitative estimate of drug-likeness (QED) is 0.922. The Morgan fingerprint density at radius 2 is 2.09 bits per heavy atom. The normalized spacial score (nSPS) is 19.7. The molecular formula is C16H18F3NO3. The minimum Gasteiger partial charge on any atom is -0.480 e. The number of nitrogens with zero attached hydrogens (tertiary/aromatic N) is 1. The standard InChI is InChI=1S/C16H18F3NO3/c1-10(11-4-2-5-12(9-11)16(17,18)19)8-14(21)20-7-3-6-13(20)15(22)23/h2,4-5,9-10,13H,3,6-8H2,1H3,(H,22,23)/t10?,13-/m0/s1. The zero-order valence-electron chi connectivity index (χ0n) is 12.6. The van der Waals surface area contributed by atoms with Crippen molar-refractivity contribution < 1.29 is 27.9 Å². The summed E-state index contributed by atoms with van der Waals surface area (Å²) in [6.07, 6.45) is -3.39. The van der Waals surface area contributed by atoms with Crippen LogP contribution in [0.5, 0.6) is 0 Å². The molecule has 1 saturated heterocycles. The van der Waals surface area contributed by atoms with Gasteiger partial charge in [0.05, 0.1) is 5.56 Å². The van der Waals surface area contributed by atoms with Gasteiger partial charge in [0.25, 0.3) is 0 Å². The molecule has 4 nitrogen and oxygen atoms in total. The highest BCUT2D eigenvalue weighted by molar-refractivity contribution is 5.84. The van der Waals surface area contributed by atoms with Crippen LogP contribution < -0.4 is 0 Å². The average molecular weight is 329 g/mol. The fourth-order valence-corrected chi connectivity index (χ4v) is 2.84. The molecule has 0 radical (unpaired) electrons. The lowest BCUT2D eigenvalue weighted by molar-refractivity contribution is -0.148. The highest BCUT2D eigenvalue weighted by Gasteiger charge is 2.35. The third-order valence-corrected chi connectivity index (χ3v) is 4.12. The summed E-state index contributed by atoms with van der Waals surface area (Å²) >= 11 is 0. The lowest BCUT2D eigenvalue weighted by Crippen LogP contribution is -2.40. The van der Waals surface area contributed by atoms with E-state index in [2.05, 4.69) is 0 Å². The van der Waals surface area contributed by atoms with Crippen molar-refractivity contribution in [1.82, 2.24) is 4.90 Å². The monoisotopic (exact) mass is 329 g/mol. The van der Waals surface area contributed by atoms with Gasteiger partial charge in [0.15, 0.2) is 0 Å². The van der Waals surface area contributed by atoms with E-state index in [1.165, 1.54) is 11.0 Å². The first-order chi connectivity index (χ1) is 10.7. The second-order valence-electron chi connectivity index (χ2n) is 5.81. The molecule has 23 heavy (non-hydrogen) atoms. The van der Waals surface area contributed by atoms with Crippen LogP contribution in [0.2, 0.25) is 0 Å². The Hall–Kier alpha value is -2.05. The van der Waals surface area contributed by atoms with Gasteiger partial charge in [0, 0.05) is 13.0 Å². The number of hydrogen-bond donors (Lipinski definition) is 1. The number of carbonyl (C=O) groups excluding carboxylic acids is 1. The molecule has 1 aromatic carbocycles. The van der Waals surface area contributed by atoms with E-state index in [1.807, 2.05) is 0 Å². The molecule has 7 heteroatoms. The van der Waals surface area contributed by atoms with Gasteiger partial charge in [0.1, 0.15) is 6.04 Å². The largest absolute Gasteiger partial charge is 0.480 e. The van der Waals surface area contributed by atoms with Crippen LogP contribution in [0.4, 0.5) is 13.2 Å². The Morgan fingerprint density at radius 1 is 1.39 bits per heavy atom. The molecule has 0 aromatic heterocycles. The zero-order valence-corrected chi connectivity index (χ0v) is 12.6. The summed E-state index contributed by atoms with van der Waals surface area (Å²) < 4.78 is 38.2. The third-order valence-electron chi connectivity index (χ3n) is 4.12. The second-order valence-corrected chi connectivity index (χ2v) is 5.81. The number of carboxylic acid groups (broad SMARTS) is 1. The second kappa shape index (κ2) is 6.60. The number of likely N-dealkylation sites (tertiary alicyclic amines) is 1. The molecule has 1 N–H and O–H groups in total. The maximum Gasteiger partial charge on any atom is 0.416 e. The molecule has 1 aliphatic rings. The molecule has 2 atom stereocenters. The maximum absolute atomic E-state index is 12.7. The Bertz CT molecular complexity index is 600. The van der Waals surface area contributed by atoms with Crippen molar-refractivity contribution in [3.05, 3.63) is 35.4 Å². The van der Waals surface area contributed by atoms with Crippen LogP contribution >= 0.6 is 0 Å². The van der Waals surface area contributed by atoms with Crippen LogP contribution in [0, 0.1) is 0 Å². The number of halogens is 3. The number of hydrogen-bond acceptors (Lipinski definition) is 2. The van der Waals surface area contributed by atoms with Crippen molar-refractivity contribution in [3.63, 3.8) is 0 Å². The maximum atomic E-state index is 12.7. The van der Waals surface area contributed by atoms with Crippen LogP contribution in [0.1, 0.15) is 43.2 Å². The van der Waals surface area contributed by atoms with Gasteiger partial charge in [0.2, 0.25) is 5.91 Å². The van der Waals surface area contributed by atoms with Crippen LogP contribution in [-0.2, 0) is 15.8 Å². The third kappa shape index (κ3) is 4.03. The molecule has 0 aliphatic carbocycles. The predicted molar refractivity (Wildman–Crippen MR) is 76.8 cm³/mol. The molecule has 1 amide bonds. The highest BCUT2D eigenvalue weighted by atomic mass is 19.4. The lowest BCUT2D eigenvalue weighted by atomic mass is 9.95. The first-order valence-electron chi connectivity index (χ1n) is 7.39. The van der Waals surface area contributed by atoms with Crippen molar-refractivity contribution in [2.75, 3.05) is 6.54 Å². The van der Waals surface area contributed by atoms with E-state index in [-0.39, 0.29) is 12.3 Å². The Balaban J connectivity index is 2.08. The number of carbonyl (C=O) groups is 2. The molecule has 1 fully saturated rings. The molecule has 0 saturated carbocycles. The van der Waals surface area contributed by atoms with Crippen molar-refractivity contribution in [1.29, 1.82) is 0 Å². The first kappa shape index (κ1) is 17.3. The Morgan fingerprint density at radius 3 is 2.70 bits per heavy atom. The highest BCUT2D eigenvalue weighted by Crippen LogP contribution is 2.32. The number of rotatable bonds is 4. The van der Waals surface area contributed by atoms with Crippen LogP contribution in [-0.4, -0.2) is 34.5 Å². The Labute approximate surface area is 131 Å². The summed E-state index contributed by atoms with van der Waals surface area (Å²) in [6, 6.07) is 4.06. The van der Waals surface area contributed by atoms with Crippen LogP contribution in [0.25, 0.3) is 0 Å². The van der Waals surface area contributed by atoms with Crippen molar-refractivity contribution in [3.8, 4) is 0 Å². The molecule has 1 unspecified atom stereocenters. The fraction of sp³-hybridized carbons (Fsp3) is 0.500. The van der Waals surface area contributed by atoms with E-state index in [0.717, 1.165) is 12.1 Å². The summed E-state index contributed by atoms with van der Waals surface area (Å²) in [5, 5.41) is 9.09.